The van der Waals surface area contributed by atoms with E-state index in [9.17, 15) is 0 Å². The van der Waals surface area contributed by atoms with Crippen LogP contribution in [0.3, 0.4) is 0 Å². The highest BCUT2D eigenvalue weighted by atomic mass is 32.2. The van der Waals surface area contributed by atoms with E-state index in [1.54, 1.807) is 17.2 Å². The van der Waals surface area contributed by atoms with Gasteiger partial charge in [-0.1, -0.05) is 42.0 Å². The van der Waals surface area contributed by atoms with Gasteiger partial charge in [0.2, 0.25) is 0 Å². The lowest BCUT2D eigenvalue weighted by atomic mass is 9.90. The molecule has 3 rings (SSSR count). The number of allylic oxidation sites excluding steroid dienone is 2. The molecule has 0 aromatic heterocycles. The Balaban J connectivity index is 1.55. The molecule has 1 unspecified atom stereocenters. The van der Waals surface area contributed by atoms with Crippen LogP contribution in [0.2, 0.25) is 0 Å². The van der Waals surface area contributed by atoms with E-state index in [-0.39, 0.29) is 17.6 Å². The number of hydrogen-bond acceptors (Lipinski definition) is 3. The van der Waals surface area contributed by atoms with Gasteiger partial charge >= 0.3 is 6.40 Å². The molecule has 1 saturated carbocycles. The Morgan fingerprint density at radius 1 is 1.09 bits per heavy atom. The van der Waals surface area contributed by atoms with E-state index in [4.69, 9.17) is 9.31 Å². The first-order valence-corrected chi connectivity index (χ1v) is 9.64. The molecule has 1 aromatic rings. The van der Waals surface area contributed by atoms with Gasteiger partial charge in [-0.25, -0.2) is 0 Å². The summed E-state index contributed by atoms with van der Waals surface area (Å²) in [5.41, 5.74) is 2.56. The highest BCUT2D eigenvalue weighted by Gasteiger charge is 2.51. The number of rotatable bonds is 6. The van der Waals surface area contributed by atoms with E-state index < -0.39 is 0 Å². The van der Waals surface area contributed by atoms with Crippen LogP contribution in [0.5, 0.6) is 0 Å². The Kier molecular flexibility index (Phi) is 4.96. The van der Waals surface area contributed by atoms with Crippen LogP contribution in [0.1, 0.15) is 58.4 Å². The van der Waals surface area contributed by atoms with Crippen LogP contribution in [0, 0.1) is 0 Å². The average Bonchev–Trinajstić information content (AvgIpc) is 3.26. The molecule has 124 valence electrons. The molecule has 1 heterocycles. The summed E-state index contributed by atoms with van der Waals surface area (Å²) in [4.78, 5) is 0. The van der Waals surface area contributed by atoms with Gasteiger partial charge in [0, 0.05) is 5.92 Å². The van der Waals surface area contributed by atoms with Gasteiger partial charge in [0.05, 0.1) is 11.2 Å². The molecule has 0 N–H and O–H groups in total. The normalized spacial score (nSPS) is 23.0. The van der Waals surface area contributed by atoms with Crippen molar-refractivity contribution in [3.05, 3.63) is 47.5 Å². The smallest absolute Gasteiger partial charge is 0.394 e. The van der Waals surface area contributed by atoms with E-state index in [1.807, 2.05) is 0 Å². The molecule has 1 aliphatic heterocycles. The highest BCUT2D eigenvalue weighted by Crippen LogP contribution is 2.40. The Morgan fingerprint density at radius 2 is 1.70 bits per heavy atom. The quantitative estimate of drug-likeness (QED) is 0.527. The predicted molar refractivity (Wildman–Crippen MR) is 99.7 cm³/mol. The van der Waals surface area contributed by atoms with Crippen LogP contribution in [0.4, 0.5) is 0 Å². The lowest BCUT2D eigenvalue weighted by molar-refractivity contribution is 0.00578. The second kappa shape index (κ2) is 6.66. The molecule has 2 aliphatic rings. The second-order valence-corrected chi connectivity index (χ2v) is 8.67. The molecule has 1 aliphatic carbocycles. The summed E-state index contributed by atoms with van der Waals surface area (Å²) in [5.74, 6) is 1.56. The molecule has 4 heteroatoms. The fourth-order valence-corrected chi connectivity index (χ4v) is 3.92. The summed E-state index contributed by atoms with van der Waals surface area (Å²) in [6, 6.07) is 10.8. The third-order valence-electron chi connectivity index (χ3n) is 5.12. The van der Waals surface area contributed by atoms with Crippen LogP contribution in [0.25, 0.3) is 0 Å². The maximum Gasteiger partial charge on any atom is 0.532 e. The lowest BCUT2D eigenvalue weighted by Gasteiger charge is -2.32. The summed E-state index contributed by atoms with van der Waals surface area (Å²) in [7, 11) is 0. The molecule has 0 radical (unpaired) electrons. The first kappa shape index (κ1) is 17.1. The van der Waals surface area contributed by atoms with Gasteiger partial charge in [0.15, 0.2) is 0 Å². The van der Waals surface area contributed by atoms with E-state index in [0.29, 0.717) is 5.92 Å². The van der Waals surface area contributed by atoms with Gasteiger partial charge < -0.3 is 9.31 Å². The maximum atomic E-state index is 6.07. The van der Waals surface area contributed by atoms with Crippen molar-refractivity contribution in [2.24, 2.45) is 0 Å². The zero-order valence-corrected chi connectivity index (χ0v) is 15.5. The third-order valence-corrected chi connectivity index (χ3v) is 6.05. The highest BCUT2D eigenvalue weighted by molar-refractivity contribution is 8.24. The standard InChI is InChI=1S/C19H27BO2S/c1-18(2)19(3,4)22-20(21-18)23-13-12-17(14-15-10-11-15)16-8-6-5-7-9-16/h5-9,14,17H,10-13H2,1-4H3. The maximum absolute atomic E-state index is 6.07. The molecule has 1 atom stereocenters. The Labute approximate surface area is 145 Å². The minimum absolute atomic E-state index is 0.148. The van der Waals surface area contributed by atoms with Gasteiger partial charge in [0.1, 0.15) is 0 Å². The molecule has 23 heavy (non-hydrogen) atoms. The first-order chi connectivity index (χ1) is 10.9. The molecular weight excluding hydrogens is 303 g/mol. The first-order valence-electron chi connectivity index (χ1n) is 8.59. The van der Waals surface area contributed by atoms with Crippen LogP contribution < -0.4 is 0 Å². The fourth-order valence-electron chi connectivity index (χ4n) is 2.72. The van der Waals surface area contributed by atoms with Gasteiger partial charge in [-0.3, -0.25) is 0 Å². The Morgan fingerprint density at radius 3 is 2.26 bits per heavy atom. The minimum Gasteiger partial charge on any atom is -0.394 e. The fraction of sp³-hybridized carbons (Fsp3) is 0.579. The van der Waals surface area contributed by atoms with Crippen molar-refractivity contribution in [2.75, 3.05) is 5.75 Å². The van der Waals surface area contributed by atoms with Gasteiger partial charge in [-0.2, -0.15) is 0 Å². The van der Waals surface area contributed by atoms with Crippen molar-refractivity contribution >= 4 is 18.0 Å². The predicted octanol–water partition coefficient (Wildman–Crippen LogP) is 5.20. The molecule has 2 nitrogen and oxygen atoms in total. The van der Waals surface area contributed by atoms with Crippen molar-refractivity contribution in [3.8, 4) is 0 Å². The topological polar surface area (TPSA) is 18.5 Å². The summed E-state index contributed by atoms with van der Waals surface area (Å²) >= 11 is 1.79. The third kappa shape index (κ3) is 4.23. The summed E-state index contributed by atoms with van der Waals surface area (Å²) in [6.45, 7) is 8.44. The molecule has 0 amide bonds. The Bertz CT molecular complexity index is 546. The van der Waals surface area contributed by atoms with Crippen LogP contribution in [0.15, 0.2) is 42.0 Å². The van der Waals surface area contributed by atoms with E-state index in [2.05, 4.69) is 64.1 Å². The molecule has 0 spiro atoms. The van der Waals surface area contributed by atoms with E-state index in [1.165, 1.54) is 18.4 Å². The van der Waals surface area contributed by atoms with Crippen molar-refractivity contribution in [1.29, 1.82) is 0 Å². The SMILES string of the molecule is CC1(C)OB(SCCC(C=C2CC2)c2ccccc2)OC1(C)C. The van der Waals surface area contributed by atoms with Crippen molar-refractivity contribution in [2.45, 2.75) is 64.1 Å². The molecule has 0 bridgehead atoms. The van der Waals surface area contributed by atoms with Crippen LogP contribution in [-0.2, 0) is 9.31 Å². The number of benzene rings is 1. The molecular formula is C19H27BO2S. The van der Waals surface area contributed by atoms with Gasteiger partial charge in [-0.05, 0) is 58.3 Å². The van der Waals surface area contributed by atoms with Gasteiger partial charge in [-0.15, -0.1) is 11.6 Å². The lowest BCUT2D eigenvalue weighted by Crippen LogP contribution is -2.41. The zero-order chi connectivity index (χ0) is 16.5. The van der Waals surface area contributed by atoms with E-state index in [0.717, 1.165) is 12.2 Å². The summed E-state index contributed by atoms with van der Waals surface area (Å²) in [6.07, 6.45) is 6.02. The second-order valence-electron chi connectivity index (χ2n) is 7.55. The zero-order valence-electron chi connectivity index (χ0n) is 14.7. The van der Waals surface area contributed by atoms with Crippen molar-refractivity contribution < 1.29 is 9.31 Å². The molecule has 1 saturated heterocycles. The molecule has 2 fully saturated rings. The van der Waals surface area contributed by atoms with Gasteiger partial charge in [0.25, 0.3) is 0 Å². The Hall–Kier alpha value is -0.705. The monoisotopic (exact) mass is 330 g/mol. The van der Waals surface area contributed by atoms with Crippen LogP contribution >= 0.6 is 11.6 Å². The largest absolute Gasteiger partial charge is 0.532 e. The minimum atomic E-state index is -0.237. The van der Waals surface area contributed by atoms with Crippen LogP contribution in [-0.4, -0.2) is 23.4 Å². The van der Waals surface area contributed by atoms with Crippen molar-refractivity contribution in [1.82, 2.24) is 0 Å². The summed E-state index contributed by atoms with van der Waals surface area (Å²) in [5, 5.41) is 0. The average molecular weight is 330 g/mol. The number of hydrogen-bond donors (Lipinski definition) is 0. The van der Waals surface area contributed by atoms with Crippen molar-refractivity contribution in [3.63, 3.8) is 0 Å². The summed E-state index contributed by atoms with van der Waals surface area (Å²) < 4.78 is 12.1. The van der Waals surface area contributed by atoms with E-state index >= 15 is 0 Å². The molecule has 1 aromatic carbocycles.